The van der Waals surface area contributed by atoms with E-state index in [1.54, 1.807) is 0 Å². The summed E-state index contributed by atoms with van der Waals surface area (Å²) in [6.07, 6.45) is 3.93. The van der Waals surface area contributed by atoms with Crippen LogP contribution >= 0.6 is 0 Å². The average Bonchev–Trinajstić information content (AvgIpc) is 3.12. The van der Waals surface area contributed by atoms with Gasteiger partial charge in [0.25, 0.3) is 0 Å². The summed E-state index contributed by atoms with van der Waals surface area (Å²) in [7, 11) is 0. The number of carbonyl (C=O) groups excluding carboxylic acids is 1. The van der Waals surface area contributed by atoms with Crippen LogP contribution in [0.25, 0.3) is 11.4 Å². The number of hydrogen-bond donors (Lipinski definition) is 1. The van der Waals surface area contributed by atoms with Crippen molar-refractivity contribution in [3.8, 4) is 11.4 Å². The van der Waals surface area contributed by atoms with Gasteiger partial charge in [-0.2, -0.15) is 4.98 Å². The molecule has 1 amide bonds. The van der Waals surface area contributed by atoms with E-state index in [1.165, 1.54) is 0 Å². The van der Waals surface area contributed by atoms with Crippen LogP contribution in [0.1, 0.15) is 38.5 Å². The number of nitrogens with one attached hydrogen (secondary N) is 1. The maximum Gasteiger partial charge on any atom is 0.241 e. The first-order valence-electron chi connectivity index (χ1n) is 9.14. The van der Waals surface area contributed by atoms with E-state index in [1.807, 2.05) is 30.3 Å². The molecule has 1 aliphatic rings. The second-order valence-corrected chi connectivity index (χ2v) is 6.57. The minimum Gasteiger partial charge on any atom is -0.356 e. The molecule has 0 spiro atoms. The molecule has 0 aliphatic carbocycles. The molecule has 0 atom stereocenters. The van der Waals surface area contributed by atoms with E-state index in [0.717, 1.165) is 50.9 Å². The van der Waals surface area contributed by atoms with Crippen molar-refractivity contribution in [2.75, 3.05) is 19.6 Å². The number of aromatic nitrogens is 2. The molecule has 6 heteroatoms. The SMILES string of the molecule is CCCCNC(=O)C1CCN(Cc2nc(-c3ccccc3)no2)CC1. The predicted molar refractivity (Wildman–Crippen MR) is 95.7 cm³/mol. The molecule has 0 unspecified atom stereocenters. The van der Waals surface area contributed by atoms with Crippen LogP contribution in [0.15, 0.2) is 34.9 Å². The second-order valence-electron chi connectivity index (χ2n) is 6.57. The molecule has 2 aromatic rings. The lowest BCUT2D eigenvalue weighted by molar-refractivity contribution is -0.126. The number of hydrogen-bond acceptors (Lipinski definition) is 5. The third kappa shape index (κ3) is 4.89. The van der Waals surface area contributed by atoms with Gasteiger partial charge in [-0.05, 0) is 32.4 Å². The molecule has 0 radical (unpaired) electrons. The Morgan fingerprint density at radius 1 is 1.28 bits per heavy atom. The molecule has 1 N–H and O–H groups in total. The maximum absolute atomic E-state index is 12.1. The van der Waals surface area contributed by atoms with E-state index in [2.05, 4.69) is 27.3 Å². The highest BCUT2D eigenvalue weighted by Crippen LogP contribution is 2.20. The Kier molecular flexibility index (Phi) is 6.17. The number of carbonyl (C=O) groups is 1. The third-order valence-corrected chi connectivity index (χ3v) is 4.65. The number of rotatable bonds is 7. The van der Waals surface area contributed by atoms with Gasteiger partial charge in [-0.25, -0.2) is 0 Å². The van der Waals surface area contributed by atoms with Gasteiger partial charge in [0.1, 0.15) is 0 Å². The number of piperidine rings is 1. The second kappa shape index (κ2) is 8.76. The minimum atomic E-state index is 0.135. The molecular weight excluding hydrogens is 316 g/mol. The van der Waals surface area contributed by atoms with E-state index in [0.29, 0.717) is 18.3 Å². The fourth-order valence-corrected chi connectivity index (χ4v) is 3.10. The van der Waals surface area contributed by atoms with Crippen LogP contribution < -0.4 is 5.32 Å². The third-order valence-electron chi connectivity index (χ3n) is 4.65. The van der Waals surface area contributed by atoms with Gasteiger partial charge in [0, 0.05) is 18.0 Å². The van der Waals surface area contributed by atoms with E-state index < -0.39 is 0 Å². The van der Waals surface area contributed by atoms with Gasteiger partial charge in [-0.15, -0.1) is 0 Å². The van der Waals surface area contributed by atoms with Crippen molar-refractivity contribution in [3.63, 3.8) is 0 Å². The Balaban J connectivity index is 1.46. The summed E-state index contributed by atoms with van der Waals surface area (Å²) in [5.41, 5.74) is 0.958. The van der Waals surface area contributed by atoms with Crippen molar-refractivity contribution in [2.24, 2.45) is 5.92 Å². The molecular formula is C19H26N4O2. The first-order chi connectivity index (χ1) is 12.3. The zero-order valence-electron chi connectivity index (χ0n) is 14.8. The van der Waals surface area contributed by atoms with Crippen LogP contribution in [-0.4, -0.2) is 40.6 Å². The molecule has 2 heterocycles. The topological polar surface area (TPSA) is 71.3 Å². The van der Waals surface area contributed by atoms with Crippen molar-refractivity contribution in [1.29, 1.82) is 0 Å². The Morgan fingerprint density at radius 3 is 2.76 bits per heavy atom. The van der Waals surface area contributed by atoms with Crippen LogP contribution in [0.4, 0.5) is 0 Å². The fraction of sp³-hybridized carbons (Fsp3) is 0.526. The van der Waals surface area contributed by atoms with Gasteiger partial charge in [-0.1, -0.05) is 48.8 Å². The quantitative estimate of drug-likeness (QED) is 0.784. The van der Waals surface area contributed by atoms with Gasteiger partial charge in [-0.3, -0.25) is 9.69 Å². The first-order valence-corrected chi connectivity index (χ1v) is 9.14. The smallest absolute Gasteiger partial charge is 0.241 e. The lowest BCUT2D eigenvalue weighted by Crippen LogP contribution is -2.40. The number of benzene rings is 1. The minimum absolute atomic E-state index is 0.135. The lowest BCUT2D eigenvalue weighted by atomic mass is 9.96. The van der Waals surface area contributed by atoms with Gasteiger partial charge in [0.05, 0.1) is 6.54 Å². The van der Waals surface area contributed by atoms with Gasteiger partial charge < -0.3 is 9.84 Å². The van der Waals surface area contributed by atoms with Crippen LogP contribution in [0, 0.1) is 5.92 Å². The molecule has 1 aromatic carbocycles. The van der Waals surface area contributed by atoms with Gasteiger partial charge >= 0.3 is 0 Å². The zero-order chi connectivity index (χ0) is 17.5. The standard InChI is InChI=1S/C19H26N4O2/c1-2-3-11-20-19(24)16-9-12-23(13-10-16)14-17-21-18(22-25-17)15-7-5-4-6-8-15/h4-8,16H,2-3,9-14H2,1H3,(H,20,24). The molecule has 134 valence electrons. The number of nitrogens with zero attached hydrogens (tertiary/aromatic N) is 3. The molecule has 1 fully saturated rings. The van der Waals surface area contributed by atoms with Crippen LogP contribution in [0.3, 0.4) is 0 Å². The predicted octanol–water partition coefficient (Wildman–Crippen LogP) is 2.86. The van der Waals surface area contributed by atoms with Gasteiger partial charge in [0.2, 0.25) is 17.6 Å². The molecule has 0 saturated carbocycles. The van der Waals surface area contributed by atoms with Gasteiger partial charge in [0.15, 0.2) is 0 Å². The molecule has 1 saturated heterocycles. The maximum atomic E-state index is 12.1. The number of unbranched alkanes of at least 4 members (excludes halogenated alkanes) is 1. The molecule has 6 nitrogen and oxygen atoms in total. The van der Waals surface area contributed by atoms with Crippen molar-refractivity contribution in [2.45, 2.75) is 39.2 Å². The molecule has 1 aliphatic heterocycles. The van der Waals surface area contributed by atoms with E-state index in [4.69, 9.17) is 4.52 Å². The van der Waals surface area contributed by atoms with Crippen LogP contribution in [0.5, 0.6) is 0 Å². The summed E-state index contributed by atoms with van der Waals surface area (Å²) in [6.45, 7) is 5.33. The van der Waals surface area contributed by atoms with Crippen LogP contribution in [0.2, 0.25) is 0 Å². The summed E-state index contributed by atoms with van der Waals surface area (Å²) in [4.78, 5) is 18.9. The zero-order valence-corrected chi connectivity index (χ0v) is 14.8. The van der Waals surface area contributed by atoms with E-state index in [9.17, 15) is 4.79 Å². The monoisotopic (exact) mass is 342 g/mol. The highest BCUT2D eigenvalue weighted by Gasteiger charge is 2.25. The Labute approximate surface area is 148 Å². The summed E-state index contributed by atoms with van der Waals surface area (Å²) in [5.74, 6) is 1.60. The summed E-state index contributed by atoms with van der Waals surface area (Å²) in [5, 5.41) is 7.10. The van der Waals surface area contributed by atoms with Crippen molar-refractivity contribution < 1.29 is 9.32 Å². The summed E-state index contributed by atoms with van der Waals surface area (Å²) in [6, 6.07) is 9.82. The van der Waals surface area contributed by atoms with Crippen molar-refractivity contribution >= 4 is 5.91 Å². The molecule has 0 bridgehead atoms. The summed E-state index contributed by atoms with van der Waals surface area (Å²) < 4.78 is 5.38. The largest absolute Gasteiger partial charge is 0.356 e. The molecule has 1 aromatic heterocycles. The van der Waals surface area contributed by atoms with Crippen molar-refractivity contribution in [3.05, 3.63) is 36.2 Å². The van der Waals surface area contributed by atoms with E-state index in [-0.39, 0.29) is 11.8 Å². The number of likely N-dealkylation sites (tertiary alicyclic amines) is 1. The van der Waals surface area contributed by atoms with Crippen molar-refractivity contribution in [1.82, 2.24) is 20.4 Å². The lowest BCUT2D eigenvalue weighted by Gasteiger charge is -2.30. The normalized spacial score (nSPS) is 16.0. The van der Waals surface area contributed by atoms with Crippen LogP contribution in [-0.2, 0) is 11.3 Å². The summed E-state index contributed by atoms with van der Waals surface area (Å²) >= 11 is 0. The molecule has 25 heavy (non-hydrogen) atoms. The van der Waals surface area contributed by atoms with E-state index >= 15 is 0 Å². The number of amides is 1. The highest BCUT2D eigenvalue weighted by atomic mass is 16.5. The fourth-order valence-electron chi connectivity index (χ4n) is 3.10. The Hall–Kier alpha value is -2.21. The highest BCUT2D eigenvalue weighted by molar-refractivity contribution is 5.78. The first kappa shape index (κ1) is 17.6. The average molecular weight is 342 g/mol. The Bertz CT molecular complexity index is 663. The molecule has 3 rings (SSSR count). The Morgan fingerprint density at radius 2 is 2.04 bits per heavy atom.